The van der Waals surface area contributed by atoms with Gasteiger partial charge in [0, 0.05) is 11.1 Å². The van der Waals surface area contributed by atoms with E-state index in [2.05, 4.69) is 5.32 Å². The smallest absolute Gasteiger partial charge is 0.290 e. The van der Waals surface area contributed by atoms with E-state index in [0.29, 0.717) is 21.8 Å². The molecule has 116 valence electrons. The minimum atomic E-state index is -0.427. The number of carbonyl (C=O) groups is 2. The Morgan fingerprint density at radius 2 is 1.83 bits per heavy atom. The third kappa shape index (κ3) is 3.60. The van der Waals surface area contributed by atoms with Gasteiger partial charge in [0.25, 0.3) is 11.1 Å². The Morgan fingerprint density at radius 1 is 1.09 bits per heavy atom. The van der Waals surface area contributed by atoms with Crippen molar-refractivity contribution >= 4 is 29.0 Å². The third-order valence-electron chi connectivity index (χ3n) is 3.19. The van der Waals surface area contributed by atoms with Crippen LogP contribution in [0.4, 0.5) is 9.18 Å². The summed E-state index contributed by atoms with van der Waals surface area (Å²) < 4.78 is 19.3. The Labute approximate surface area is 136 Å². The van der Waals surface area contributed by atoms with E-state index in [9.17, 15) is 14.0 Å². The molecule has 0 spiro atoms. The lowest BCUT2D eigenvalue weighted by molar-refractivity contribution is -0.115. The Bertz CT molecular complexity index is 804. The Balaban J connectivity index is 1.81. The maximum atomic E-state index is 13.6. The lowest BCUT2D eigenvalue weighted by Crippen LogP contribution is -2.17. The van der Waals surface area contributed by atoms with Crippen LogP contribution < -0.4 is 10.1 Å². The zero-order chi connectivity index (χ0) is 16.2. The van der Waals surface area contributed by atoms with Crippen LogP contribution in [-0.4, -0.2) is 11.1 Å². The van der Waals surface area contributed by atoms with Crippen molar-refractivity contribution in [1.82, 2.24) is 5.32 Å². The van der Waals surface area contributed by atoms with Gasteiger partial charge in [-0.2, -0.15) is 0 Å². The average Bonchev–Trinajstić information content (AvgIpc) is 2.85. The van der Waals surface area contributed by atoms with Gasteiger partial charge in [-0.25, -0.2) is 4.39 Å². The minimum absolute atomic E-state index is 0.0745. The topological polar surface area (TPSA) is 55.4 Å². The first-order valence-corrected chi connectivity index (χ1v) is 7.65. The summed E-state index contributed by atoms with van der Waals surface area (Å²) in [5, 5.41) is 1.80. The summed E-state index contributed by atoms with van der Waals surface area (Å²) in [4.78, 5) is 23.1. The summed E-state index contributed by atoms with van der Waals surface area (Å²) in [6.07, 6.45) is 1.58. The molecule has 1 aliphatic rings. The number of ether oxygens (including phenoxy) is 1. The molecule has 0 bridgehead atoms. The highest BCUT2D eigenvalue weighted by Crippen LogP contribution is 2.29. The minimum Gasteiger partial charge on any atom is -0.488 e. The summed E-state index contributed by atoms with van der Waals surface area (Å²) in [7, 11) is 0. The molecule has 0 aliphatic carbocycles. The molecule has 2 aromatic rings. The molecule has 0 atom stereocenters. The van der Waals surface area contributed by atoms with Crippen molar-refractivity contribution in [1.29, 1.82) is 0 Å². The molecule has 0 aromatic heterocycles. The highest BCUT2D eigenvalue weighted by atomic mass is 32.2. The van der Waals surface area contributed by atoms with Gasteiger partial charge in [-0.1, -0.05) is 36.4 Å². The van der Waals surface area contributed by atoms with Crippen LogP contribution in [-0.2, 0) is 11.4 Å². The standard InChI is InChI=1S/C17H12FNO3S/c18-13-7-3-1-6-12(13)10-22-14-8-4-2-5-11(14)9-15-16(20)19-17(21)23-15/h1-9H,10H2,(H,19,20,21)/b15-9-. The maximum Gasteiger partial charge on any atom is 0.290 e. The van der Waals surface area contributed by atoms with Crippen molar-refractivity contribution in [2.24, 2.45) is 0 Å². The van der Waals surface area contributed by atoms with Crippen molar-refractivity contribution in [2.75, 3.05) is 0 Å². The first-order chi connectivity index (χ1) is 11.1. The van der Waals surface area contributed by atoms with Gasteiger partial charge < -0.3 is 4.74 Å². The molecular formula is C17H12FNO3S. The second-order valence-corrected chi connectivity index (χ2v) is 5.78. The van der Waals surface area contributed by atoms with Gasteiger partial charge in [-0.3, -0.25) is 14.9 Å². The van der Waals surface area contributed by atoms with Crippen LogP contribution in [0.1, 0.15) is 11.1 Å². The molecule has 3 rings (SSSR count). The number of amides is 2. The Kier molecular flexibility index (Phi) is 4.43. The van der Waals surface area contributed by atoms with Gasteiger partial charge in [0.05, 0.1) is 4.91 Å². The maximum absolute atomic E-state index is 13.6. The van der Waals surface area contributed by atoms with Crippen LogP contribution in [0.5, 0.6) is 5.75 Å². The van der Waals surface area contributed by atoms with Crippen molar-refractivity contribution in [3.05, 3.63) is 70.4 Å². The van der Waals surface area contributed by atoms with Crippen LogP contribution in [0.2, 0.25) is 0 Å². The van der Waals surface area contributed by atoms with E-state index in [-0.39, 0.29) is 12.4 Å². The summed E-state index contributed by atoms with van der Waals surface area (Å²) in [5.74, 6) is -0.250. The van der Waals surface area contributed by atoms with E-state index in [1.165, 1.54) is 6.07 Å². The third-order valence-corrected chi connectivity index (χ3v) is 4.00. The number of hydrogen-bond acceptors (Lipinski definition) is 4. The van der Waals surface area contributed by atoms with Gasteiger partial charge in [0.1, 0.15) is 18.2 Å². The second kappa shape index (κ2) is 6.66. The predicted octanol–water partition coefficient (Wildman–Crippen LogP) is 3.73. The number of carbonyl (C=O) groups excluding carboxylic acids is 2. The molecule has 6 heteroatoms. The van der Waals surface area contributed by atoms with Gasteiger partial charge in [0.2, 0.25) is 0 Å². The van der Waals surface area contributed by atoms with Crippen LogP contribution in [0, 0.1) is 5.82 Å². The molecule has 4 nitrogen and oxygen atoms in total. The molecule has 1 N–H and O–H groups in total. The van der Waals surface area contributed by atoms with Crippen LogP contribution >= 0.6 is 11.8 Å². The predicted molar refractivity (Wildman–Crippen MR) is 86.3 cm³/mol. The van der Waals surface area contributed by atoms with E-state index < -0.39 is 11.1 Å². The van der Waals surface area contributed by atoms with Gasteiger partial charge in [0.15, 0.2) is 0 Å². The van der Waals surface area contributed by atoms with Gasteiger partial charge in [-0.05, 0) is 30.0 Å². The molecule has 23 heavy (non-hydrogen) atoms. The van der Waals surface area contributed by atoms with Crippen LogP contribution in [0.15, 0.2) is 53.4 Å². The van der Waals surface area contributed by atoms with E-state index in [1.54, 1.807) is 48.5 Å². The first kappa shape index (κ1) is 15.3. The number of nitrogens with one attached hydrogen (secondary N) is 1. The van der Waals surface area contributed by atoms with Gasteiger partial charge in [-0.15, -0.1) is 0 Å². The quantitative estimate of drug-likeness (QED) is 0.869. The second-order valence-electron chi connectivity index (χ2n) is 4.77. The molecule has 1 heterocycles. The number of hydrogen-bond donors (Lipinski definition) is 1. The molecule has 2 aromatic carbocycles. The molecule has 1 saturated heterocycles. The summed E-state index contributed by atoms with van der Waals surface area (Å²) in [6.45, 7) is 0.0745. The molecule has 0 unspecified atom stereocenters. The van der Waals surface area contributed by atoms with Crippen molar-refractivity contribution in [3.8, 4) is 5.75 Å². The van der Waals surface area contributed by atoms with Crippen molar-refractivity contribution < 1.29 is 18.7 Å². The zero-order valence-corrected chi connectivity index (χ0v) is 12.7. The Hall–Kier alpha value is -2.60. The SMILES string of the molecule is O=C1NC(=O)/C(=C/c2ccccc2OCc2ccccc2F)S1. The molecule has 1 aliphatic heterocycles. The molecule has 1 fully saturated rings. The van der Waals surface area contributed by atoms with Crippen molar-refractivity contribution in [3.63, 3.8) is 0 Å². The zero-order valence-electron chi connectivity index (χ0n) is 11.9. The fourth-order valence-electron chi connectivity index (χ4n) is 2.06. The number of imide groups is 1. The fourth-order valence-corrected chi connectivity index (χ4v) is 2.74. The monoisotopic (exact) mass is 329 g/mol. The summed E-state index contributed by atoms with van der Waals surface area (Å²) in [5.41, 5.74) is 1.09. The molecule has 2 amide bonds. The largest absolute Gasteiger partial charge is 0.488 e. The number of benzene rings is 2. The highest BCUT2D eigenvalue weighted by Gasteiger charge is 2.25. The van der Waals surface area contributed by atoms with Gasteiger partial charge >= 0.3 is 0 Å². The molecular weight excluding hydrogens is 317 g/mol. The fraction of sp³-hybridized carbons (Fsp3) is 0.0588. The number of para-hydroxylation sites is 1. The Morgan fingerprint density at radius 3 is 2.57 bits per heavy atom. The van der Waals surface area contributed by atoms with Crippen LogP contribution in [0.3, 0.4) is 0 Å². The first-order valence-electron chi connectivity index (χ1n) is 6.83. The van der Waals surface area contributed by atoms with E-state index >= 15 is 0 Å². The molecule has 0 saturated carbocycles. The van der Waals surface area contributed by atoms with E-state index in [1.807, 2.05) is 0 Å². The average molecular weight is 329 g/mol. The number of halogens is 1. The van der Waals surface area contributed by atoms with Crippen molar-refractivity contribution in [2.45, 2.75) is 6.61 Å². The number of rotatable bonds is 4. The van der Waals surface area contributed by atoms with E-state index in [4.69, 9.17) is 4.74 Å². The summed E-state index contributed by atoms with van der Waals surface area (Å²) in [6, 6.07) is 13.4. The molecule has 0 radical (unpaired) electrons. The normalized spacial score (nSPS) is 15.8. The van der Waals surface area contributed by atoms with Crippen LogP contribution in [0.25, 0.3) is 6.08 Å². The highest BCUT2D eigenvalue weighted by molar-refractivity contribution is 8.18. The van der Waals surface area contributed by atoms with E-state index in [0.717, 1.165) is 11.8 Å². The lowest BCUT2D eigenvalue weighted by atomic mass is 10.1. The summed E-state index contributed by atoms with van der Waals surface area (Å²) >= 11 is 0.840. The lowest BCUT2D eigenvalue weighted by Gasteiger charge is -2.10. The number of thioether (sulfide) groups is 1.